The van der Waals surface area contributed by atoms with Crippen LogP contribution in [0, 0.1) is 0 Å². The molecule has 0 saturated heterocycles. The first-order chi connectivity index (χ1) is 8.61. The topological polar surface area (TPSA) is 86.9 Å². The number of halogens is 1. The van der Waals surface area contributed by atoms with Gasteiger partial charge >= 0.3 is 0 Å². The highest BCUT2D eigenvalue weighted by Crippen LogP contribution is 2.20. The van der Waals surface area contributed by atoms with Crippen LogP contribution in [0.15, 0.2) is 34.9 Å². The summed E-state index contributed by atoms with van der Waals surface area (Å²) >= 11 is 3.42. The molecule has 0 aliphatic rings. The van der Waals surface area contributed by atoms with Crippen molar-refractivity contribution in [3.8, 4) is 5.69 Å². The molecule has 94 valence electrons. The van der Waals surface area contributed by atoms with Crippen molar-refractivity contribution in [2.75, 3.05) is 6.54 Å². The maximum atomic E-state index is 11.0. The second kappa shape index (κ2) is 5.32. The van der Waals surface area contributed by atoms with Crippen LogP contribution in [-0.2, 0) is 6.42 Å². The van der Waals surface area contributed by atoms with Gasteiger partial charge in [0.1, 0.15) is 5.69 Å². The van der Waals surface area contributed by atoms with E-state index in [9.17, 15) is 4.79 Å². The molecule has 0 saturated carbocycles. The Kier molecular flexibility index (Phi) is 3.78. The van der Waals surface area contributed by atoms with Gasteiger partial charge in [-0.25, -0.2) is 4.68 Å². The maximum Gasteiger partial charge on any atom is 0.269 e. The minimum atomic E-state index is -0.536. The number of amides is 1. The molecule has 1 aromatic heterocycles. The molecule has 0 atom stereocenters. The molecular weight excluding hydrogens is 296 g/mol. The third-order valence-corrected chi connectivity index (χ3v) is 3.04. The summed E-state index contributed by atoms with van der Waals surface area (Å²) in [6.45, 7) is 0.549. The summed E-state index contributed by atoms with van der Waals surface area (Å²) in [5, 5.41) is 4.14. The largest absolute Gasteiger partial charge is 0.364 e. The molecule has 1 heterocycles. The minimum absolute atomic E-state index is 0.247. The fraction of sp³-hybridized carbons (Fsp3) is 0.167. The quantitative estimate of drug-likeness (QED) is 0.890. The van der Waals surface area contributed by atoms with Gasteiger partial charge in [-0.1, -0.05) is 15.9 Å². The smallest absolute Gasteiger partial charge is 0.269 e. The fourth-order valence-corrected chi connectivity index (χ4v) is 2.13. The van der Waals surface area contributed by atoms with Crippen molar-refractivity contribution in [2.24, 2.45) is 11.5 Å². The number of hydrogen-bond acceptors (Lipinski definition) is 3. The van der Waals surface area contributed by atoms with Gasteiger partial charge in [0, 0.05) is 10.7 Å². The summed E-state index contributed by atoms with van der Waals surface area (Å²) in [6, 6.07) is 7.43. The van der Waals surface area contributed by atoms with Crippen LogP contribution in [0.3, 0.4) is 0 Å². The Bertz CT molecular complexity index is 579. The fourth-order valence-electron chi connectivity index (χ4n) is 1.72. The Labute approximate surface area is 113 Å². The Morgan fingerprint density at radius 1 is 1.39 bits per heavy atom. The number of benzene rings is 1. The van der Waals surface area contributed by atoms with E-state index in [0.717, 1.165) is 22.1 Å². The van der Waals surface area contributed by atoms with Crippen molar-refractivity contribution in [1.82, 2.24) is 9.78 Å². The van der Waals surface area contributed by atoms with Crippen molar-refractivity contribution in [1.29, 1.82) is 0 Å². The second-order valence-corrected chi connectivity index (χ2v) is 4.74. The molecule has 0 radical (unpaired) electrons. The monoisotopic (exact) mass is 308 g/mol. The van der Waals surface area contributed by atoms with E-state index in [1.165, 1.54) is 0 Å². The summed E-state index contributed by atoms with van der Waals surface area (Å²) < 4.78 is 2.62. The summed E-state index contributed by atoms with van der Waals surface area (Å²) in [7, 11) is 0. The first-order valence-electron chi connectivity index (χ1n) is 5.46. The lowest BCUT2D eigenvalue weighted by Gasteiger charge is -2.09. The van der Waals surface area contributed by atoms with E-state index in [-0.39, 0.29) is 5.69 Å². The molecule has 18 heavy (non-hydrogen) atoms. The normalized spacial score (nSPS) is 10.6. The standard InChI is InChI=1S/C12H13BrN4O/c13-9-1-2-11(8(7-9)3-5-14)17-6-4-10(16-17)12(15)18/h1-2,4,6-7H,3,5,14H2,(H2,15,18). The molecule has 0 aliphatic carbocycles. The van der Waals surface area contributed by atoms with Crippen LogP contribution in [0.2, 0.25) is 0 Å². The predicted octanol–water partition coefficient (Wildman–Crippen LogP) is 1.23. The molecule has 0 bridgehead atoms. The molecule has 0 unspecified atom stereocenters. The zero-order valence-electron chi connectivity index (χ0n) is 9.64. The molecule has 6 heteroatoms. The van der Waals surface area contributed by atoms with Crippen molar-refractivity contribution < 1.29 is 4.79 Å². The Morgan fingerprint density at radius 2 is 2.17 bits per heavy atom. The van der Waals surface area contributed by atoms with E-state index in [2.05, 4.69) is 21.0 Å². The van der Waals surface area contributed by atoms with Crippen molar-refractivity contribution in [3.05, 3.63) is 46.2 Å². The summed E-state index contributed by atoms with van der Waals surface area (Å²) in [5.41, 5.74) is 13.0. The van der Waals surface area contributed by atoms with Crippen LogP contribution in [-0.4, -0.2) is 22.2 Å². The van der Waals surface area contributed by atoms with Gasteiger partial charge in [-0.3, -0.25) is 4.79 Å². The van der Waals surface area contributed by atoms with E-state index >= 15 is 0 Å². The van der Waals surface area contributed by atoms with Crippen molar-refractivity contribution >= 4 is 21.8 Å². The summed E-state index contributed by atoms with van der Waals surface area (Å²) in [4.78, 5) is 11.0. The molecule has 0 spiro atoms. The maximum absolute atomic E-state index is 11.0. The number of rotatable bonds is 4. The summed E-state index contributed by atoms with van der Waals surface area (Å²) in [6.07, 6.45) is 2.45. The van der Waals surface area contributed by atoms with Gasteiger partial charge in [-0.2, -0.15) is 5.10 Å². The third-order valence-electron chi connectivity index (χ3n) is 2.54. The van der Waals surface area contributed by atoms with Crippen molar-refractivity contribution in [3.63, 3.8) is 0 Å². The number of carbonyl (C=O) groups is 1. The number of hydrogen-bond donors (Lipinski definition) is 2. The molecule has 5 nitrogen and oxygen atoms in total. The average molecular weight is 309 g/mol. The third kappa shape index (κ3) is 2.60. The number of nitrogens with zero attached hydrogens (tertiary/aromatic N) is 2. The summed E-state index contributed by atoms with van der Waals surface area (Å²) in [5.74, 6) is -0.536. The molecule has 2 aromatic rings. The SMILES string of the molecule is NCCc1cc(Br)ccc1-n1ccc(C(N)=O)n1. The van der Waals surface area contributed by atoms with Gasteiger partial charge in [0.15, 0.2) is 0 Å². The van der Waals surface area contributed by atoms with Crippen LogP contribution in [0.1, 0.15) is 16.1 Å². The zero-order valence-corrected chi connectivity index (χ0v) is 11.2. The van der Waals surface area contributed by atoms with E-state index in [0.29, 0.717) is 6.54 Å². The average Bonchev–Trinajstić information content (AvgIpc) is 2.79. The number of nitrogens with two attached hydrogens (primary N) is 2. The lowest BCUT2D eigenvalue weighted by Crippen LogP contribution is -2.13. The van der Waals surface area contributed by atoms with E-state index < -0.39 is 5.91 Å². The van der Waals surface area contributed by atoms with Gasteiger partial charge in [0.25, 0.3) is 5.91 Å². The molecule has 1 aromatic carbocycles. The first kappa shape index (κ1) is 12.8. The molecule has 1 amide bonds. The van der Waals surface area contributed by atoms with Crippen LogP contribution in [0.5, 0.6) is 0 Å². The van der Waals surface area contributed by atoms with Crippen LogP contribution in [0.25, 0.3) is 5.69 Å². The highest BCUT2D eigenvalue weighted by molar-refractivity contribution is 9.10. The van der Waals surface area contributed by atoms with Crippen LogP contribution >= 0.6 is 15.9 Å². The van der Waals surface area contributed by atoms with Crippen LogP contribution in [0.4, 0.5) is 0 Å². The number of primary amides is 1. The van der Waals surface area contributed by atoms with Gasteiger partial charge in [0.2, 0.25) is 0 Å². The highest BCUT2D eigenvalue weighted by atomic mass is 79.9. The van der Waals surface area contributed by atoms with Gasteiger partial charge < -0.3 is 11.5 Å². The lowest BCUT2D eigenvalue weighted by molar-refractivity contribution is 0.0995. The predicted molar refractivity (Wildman–Crippen MR) is 72.5 cm³/mol. The lowest BCUT2D eigenvalue weighted by atomic mass is 10.1. The molecule has 0 aliphatic heterocycles. The number of aromatic nitrogens is 2. The number of carbonyl (C=O) groups excluding carboxylic acids is 1. The van der Waals surface area contributed by atoms with Gasteiger partial charge in [0.05, 0.1) is 5.69 Å². The van der Waals surface area contributed by atoms with E-state index in [1.54, 1.807) is 16.9 Å². The van der Waals surface area contributed by atoms with E-state index in [4.69, 9.17) is 11.5 Å². The molecule has 4 N–H and O–H groups in total. The Balaban J connectivity index is 2.45. The second-order valence-electron chi connectivity index (χ2n) is 3.82. The van der Waals surface area contributed by atoms with E-state index in [1.807, 2.05) is 18.2 Å². The zero-order chi connectivity index (χ0) is 13.1. The van der Waals surface area contributed by atoms with Gasteiger partial charge in [-0.15, -0.1) is 0 Å². The first-order valence-corrected chi connectivity index (χ1v) is 6.25. The van der Waals surface area contributed by atoms with Crippen LogP contribution < -0.4 is 11.5 Å². The molecule has 0 fully saturated rings. The van der Waals surface area contributed by atoms with Gasteiger partial charge in [-0.05, 0) is 42.8 Å². The molecule has 2 rings (SSSR count). The van der Waals surface area contributed by atoms with Crippen molar-refractivity contribution in [2.45, 2.75) is 6.42 Å². The molecular formula is C12H13BrN4O. The Morgan fingerprint density at radius 3 is 2.78 bits per heavy atom. The minimum Gasteiger partial charge on any atom is -0.364 e. The highest BCUT2D eigenvalue weighted by Gasteiger charge is 2.09. The Hall–Kier alpha value is -1.66.